The number of rotatable bonds is 5. The Morgan fingerprint density at radius 3 is 2.74 bits per heavy atom. The zero-order chi connectivity index (χ0) is 15.9. The maximum absolute atomic E-state index is 12.3. The molecule has 0 spiro atoms. The summed E-state index contributed by atoms with van der Waals surface area (Å²) in [4.78, 5) is 12.3. The lowest BCUT2D eigenvalue weighted by atomic mass is 10.1. The number of allylic oxidation sites excluding steroid dienone is 1. The van der Waals surface area contributed by atoms with E-state index in [9.17, 15) is 4.79 Å². The molecule has 3 heteroatoms. The number of ether oxygens (including phenoxy) is 2. The van der Waals surface area contributed by atoms with Gasteiger partial charge in [-0.15, -0.1) is 0 Å². The Bertz CT molecular complexity index is 670. The number of ketones is 1. The molecule has 0 amide bonds. The van der Waals surface area contributed by atoms with Crippen molar-refractivity contribution in [2.24, 2.45) is 0 Å². The van der Waals surface area contributed by atoms with E-state index in [1.54, 1.807) is 18.2 Å². The summed E-state index contributed by atoms with van der Waals surface area (Å²) in [5, 5.41) is 0. The van der Waals surface area contributed by atoms with Gasteiger partial charge in [0.25, 0.3) is 0 Å². The van der Waals surface area contributed by atoms with Crippen LogP contribution in [0.1, 0.15) is 35.2 Å². The largest absolute Gasteiger partial charge is 0.465 e. The lowest BCUT2D eigenvalue weighted by molar-refractivity contribution is -0.105. The van der Waals surface area contributed by atoms with Crippen LogP contribution >= 0.6 is 0 Å². The molecule has 3 rings (SSSR count). The molecule has 1 saturated heterocycles. The fourth-order valence-electron chi connectivity index (χ4n) is 2.51. The summed E-state index contributed by atoms with van der Waals surface area (Å²) in [5.41, 5.74) is 1.62. The summed E-state index contributed by atoms with van der Waals surface area (Å²) in [5.74, 6) is 0.639. The summed E-state index contributed by atoms with van der Waals surface area (Å²) < 4.78 is 11.4. The zero-order valence-electron chi connectivity index (χ0n) is 13.0. The first kappa shape index (κ1) is 15.5. The molecule has 0 N–H and O–H groups in total. The van der Waals surface area contributed by atoms with E-state index in [1.165, 1.54) is 0 Å². The highest BCUT2D eigenvalue weighted by Gasteiger charge is 2.15. The summed E-state index contributed by atoms with van der Waals surface area (Å²) in [6.07, 6.45) is 6.30. The van der Waals surface area contributed by atoms with Gasteiger partial charge in [-0.05, 0) is 36.6 Å². The second kappa shape index (κ2) is 7.75. The summed E-state index contributed by atoms with van der Waals surface area (Å²) in [7, 11) is 0. The number of hydrogen-bond donors (Lipinski definition) is 0. The first-order valence-electron chi connectivity index (χ1n) is 7.97. The number of carbonyl (C=O) groups excluding carboxylic acids is 1. The van der Waals surface area contributed by atoms with Crippen LogP contribution in [-0.4, -0.2) is 18.7 Å². The summed E-state index contributed by atoms with van der Waals surface area (Å²) >= 11 is 0. The van der Waals surface area contributed by atoms with Gasteiger partial charge in [-0.3, -0.25) is 4.79 Å². The summed E-state index contributed by atoms with van der Waals surface area (Å²) in [6, 6.07) is 17.0. The van der Waals surface area contributed by atoms with Crippen molar-refractivity contribution in [1.29, 1.82) is 0 Å². The van der Waals surface area contributed by atoms with E-state index in [1.807, 2.05) is 48.5 Å². The molecule has 1 fully saturated rings. The molecule has 2 aromatic carbocycles. The second-order valence-corrected chi connectivity index (χ2v) is 5.55. The van der Waals surface area contributed by atoms with Crippen molar-refractivity contribution in [1.82, 2.24) is 0 Å². The third-order valence-electron chi connectivity index (χ3n) is 3.75. The maximum Gasteiger partial charge on any atom is 0.199 e. The average Bonchev–Trinajstić information content (AvgIpc) is 2.62. The monoisotopic (exact) mass is 308 g/mol. The predicted molar refractivity (Wildman–Crippen MR) is 90.5 cm³/mol. The van der Waals surface area contributed by atoms with Crippen LogP contribution in [0.3, 0.4) is 0 Å². The molecule has 23 heavy (non-hydrogen) atoms. The van der Waals surface area contributed by atoms with Crippen molar-refractivity contribution in [2.45, 2.75) is 25.6 Å². The van der Waals surface area contributed by atoms with E-state index in [0.717, 1.165) is 31.4 Å². The molecule has 0 bridgehead atoms. The van der Waals surface area contributed by atoms with E-state index in [4.69, 9.17) is 9.47 Å². The first-order chi connectivity index (χ1) is 11.3. The molecule has 0 radical (unpaired) electrons. The van der Waals surface area contributed by atoms with Gasteiger partial charge in [0.15, 0.2) is 12.1 Å². The molecule has 1 atom stereocenters. The van der Waals surface area contributed by atoms with Gasteiger partial charge in [-0.2, -0.15) is 0 Å². The van der Waals surface area contributed by atoms with Gasteiger partial charge in [0, 0.05) is 12.0 Å². The van der Waals surface area contributed by atoms with Crippen LogP contribution in [0.2, 0.25) is 0 Å². The van der Waals surface area contributed by atoms with Gasteiger partial charge in [-0.1, -0.05) is 48.5 Å². The van der Waals surface area contributed by atoms with Gasteiger partial charge >= 0.3 is 0 Å². The molecule has 2 aromatic rings. The van der Waals surface area contributed by atoms with Gasteiger partial charge in [0.05, 0.1) is 6.61 Å². The summed E-state index contributed by atoms with van der Waals surface area (Å²) in [6.45, 7) is 0.739. The Morgan fingerprint density at radius 1 is 1.09 bits per heavy atom. The molecule has 1 heterocycles. The van der Waals surface area contributed by atoms with Crippen molar-refractivity contribution in [3.8, 4) is 5.75 Å². The van der Waals surface area contributed by atoms with Crippen molar-refractivity contribution in [3.63, 3.8) is 0 Å². The Morgan fingerprint density at radius 2 is 1.96 bits per heavy atom. The van der Waals surface area contributed by atoms with E-state index < -0.39 is 0 Å². The van der Waals surface area contributed by atoms with Crippen LogP contribution in [0.5, 0.6) is 5.75 Å². The molecule has 0 aromatic heterocycles. The maximum atomic E-state index is 12.3. The predicted octanol–water partition coefficient (Wildman–Crippen LogP) is 4.49. The van der Waals surface area contributed by atoms with Crippen LogP contribution in [0.15, 0.2) is 60.7 Å². The molecule has 1 unspecified atom stereocenters. The average molecular weight is 308 g/mol. The Balaban J connectivity index is 1.66. The van der Waals surface area contributed by atoms with E-state index in [-0.39, 0.29) is 12.1 Å². The van der Waals surface area contributed by atoms with Crippen LogP contribution in [0.4, 0.5) is 0 Å². The molecular formula is C20H20O3. The highest BCUT2D eigenvalue weighted by atomic mass is 16.7. The number of carbonyl (C=O) groups is 1. The van der Waals surface area contributed by atoms with Crippen LogP contribution in [0, 0.1) is 0 Å². The minimum absolute atomic E-state index is 0.0381. The van der Waals surface area contributed by atoms with Crippen LogP contribution in [-0.2, 0) is 4.74 Å². The Hall–Kier alpha value is -2.39. The Labute approximate surface area is 136 Å². The Kier molecular flexibility index (Phi) is 5.22. The minimum atomic E-state index is -0.200. The van der Waals surface area contributed by atoms with E-state index in [0.29, 0.717) is 11.3 Å². The van der Waals surface area contributed by atoms with E-state index in [2.05, 4.69) is 0 Å². The molecule has 118 valence electrons. The molecule has 1 aliphatic heterocycles. The normalized spacial score (nSPS) is 18.0. The van der Waals surface area contributed by atoms with Gasteiger partial charge in [0.2, 0.25) is 0 Å². The third-order valence-corrected chi connectivity index (χ3v) is 3.75. The SMILES string of the molecule is O=C(/C=C/c1ccccc1)c1cccc(OC2CCCCO2)c1. The fourth-order valence-corrected chi connectivity index (χ4v) is 2.51. The van der Waals surface area contributed by atoms with Gasteiger partial charge in [-0.25, -0.2) is 0 Å². The quantitative estimate of drug-likeness (QED) is 0.603. The topological polar surface area (TPSA) is 35.5 Å². The van der Waals surface area contributed by atoms with Crippen LogP contribution in [0.25, 0.3) is 6.08 Å². The van der Waals surface area contributed by atoms with Crippen molar-refractivity contribution >= 4 is 11.9 Å². The van der Waals surface area contributed by atoms with Crippen molar-refractivity contribution in [3.05, 3.63) is 71.8 Å². The first-order valence-corrected chi connectivity index (χ1v) is 7.97. The number of benzene rings is 2. The molecule has 0 saturated carbocycles. The molecule has 3 nitrogen and oxygen atoms in total. The third kappa shape index (κ3) is 4.54. The number of hydrogen-bond acceptors (Lipinski definition) is 3. The standard InChI is InChI=1S/C20H20O3/c21-19(13-12-16-7-2-1-3-8-16)17-9-6-10-18(15-17)23-20-11-4-5-14-22-20/h1-3,6-10,12-13,15,20H,4-5,11,14H2/b13-12+. The highest BCUT2D eigenvalue weighted by Crippen LogP contribution is 2.20. The lowest BCUT2D eigenvalue weighted by Gasteiger charge is -2.23. The molecule has 0 aliphatic carbocycles. The van der Waals surface area contributed by atoms with Gasteiger partial charge < -0.3 is 9.47 Å². The van der Waals surface area contributed by atoms with Gasteiger partial charge in [0.1, 0.15) is 5.75 Å². The molecule has 1 aliphatic rings. The lowest BCUT2D eigenvalue weighted by Crippen LogP contribution is -2.25. The zero-order valence-corrected chi connectivity index (χ0v) is 13.0. The van der Waals surface area contributed by atoms with E-state index >= 15 is 0 Å². The smallest absolute Gasteiger partial charge is 0.199 e. The highest BCUT2D eigenvalue weighted by molar-refractivity contribution is 6.07. The second-order valence-electron chi connectivity index (χ2n) is 5.55. The molecular weight excluding hydrogens is 288 g/mol. The fraction of sp³-hybridized carbons (Fsp3) is 0.250. The van der Waals surface area contributed by atoms with Crippen molar-refractivity contribution < 1.29 is 14.3 Å². The van der Waals surface area contributed by atoms with Crippen molar-refractivity contribution in [2.75, 3.05) is 6.61 Å². The van der Waals surface area contributed by atoms with Crippen LogP contribution < -0.4 is 4.74 Å². The minimum Gasteiger partial charge on any atom is -0.465 e.